The quantitative estimate of drug-likeness (QED) is 0.402. The largest absolute Gasteiger partial charge is 0.507 e. The molecule has 0 spiro atoms. The van der Waals surface area contributed by atoms with E-state index < -0.39 is 11.5 Å². The second-order valence-electron chi connectivity index (χ2n) is 10.2. The number of fused-ring (bicyclic) bond motifs is 2. The van der Waals surface area contributed by atoms with Crippen LogP contribution in [0.2, 0.25) is 0 Å². The fraction of sp³-hybridized carbons (Fsp3) is 0.345. The van der Waals surface area contributed by atoms with Crippen LogP contribution >= 0.6 is 0 Å². The van der Waals surface area contributed by atoms with E-state index in [4.69, 9.17) is 4.74 Å². The number of halogens is 1. The minimum absolute atomic E-state index is 0.0493. The summed E-state index contributed by atoms with van der Waals surface area (Å²) in [7, 11) is 0. The van der Waals surface area contributed by atoms with E-state index in [0.29, 0.717) is 40.3 Å². The van der Waals surface area contributed by atoms with Crippen molar-refractivity contribution in [3.05, 3.63) is 70.2 Å². The van der Waals surface area contributed by atoms with Crippen LogP contribution in [0.4, 0.5) is 10.2 Å². The van der Waals surface area contributed by atoms with E-state index in [1.165, 1.54) is 18.2 Å². The Kier molecular flexibility index (Phi) is 5.62. The van der Waals surface area contributed by atoms with Gasteiger partial charge in [-0.05, 0) is 73.6 Å². The zero-order valence-electron chi connectivity index (χ0n) is 21.2. The molecule has 2 aromatic carbocycles. The van der Waals surface area contributed by atoms with Gasteiger partial charge in [0, 0.05) is 12.7 Å². The Labute approximate surface area is 214 Å². The summed E-state index contributed by atoms with van der Waals surface area (Å²) in [4.78, 5) is 25.3. The molecule has 0 aliphatic carbocycles. The summed E-state index contributed by atoms with van der Waals surface area (Å²) in [5, 5.41) is 11.3. The van der Waals surface area contributed by atoms with Crippen molar-refractivity contribution in [1.29, 1.82) is 0 Å². The van der Waals surface area contributed by atoms with Gasteiger partial charge in [0.2, 0.25) is 0 Å². The molecule has 37 heavy (non-hydrogen) atoms. The monoisotopic (exact) mass is 500 g/mol. The van der Waals surface area contributed by atoms with Gasteiger partial charge in [0.15, 0.2) is 0 Å². The van der Waals surface area contributed by atoms with Gasteiger partial charge in [-0.1, -0.05) is 19.9 Å². The van der Waals surface area contributed by atoms with E-state index in [0.717, 1.165) is 37.1 Å². The second-order valence-corrected chi connectivity index (χ2v) is 10.2. The zero-order valence-corrected chi connectivity index (χ0v) is 21.2. The van der Waals surface area contributed by atoms with Gasteiger partial charge in [0.05, 0.1) is 33.9 Å². The fourth-order valence-corrected chi connectivity index (χ4v) is 5.71. The molecule has 0 saturated carbocycles. The summed E-state index contributed by atoms with van der Waals surface area (Å²) in [6, 6.07) is 9.70. The number of hydrogen-bond donors (Lipinski definition) is 1. The number of nitrogens with zero attached hydrogens (tertiary/aromatic N) is 4. The minimum atomic E-state index is -0.554. The molecular weight excluding hydrogens is 471 g/mol. The van der Waals surface area contributed by atoms with Crippen LogP contribution in [0.15, 0.2) is 47.4 Å². The van der Waals surface area contributed by atoms with Crippen molar-refractivity contribution in [2.75, 3.05) is 18.1 Å². The van der Waals surface area contributed by atoms with Crippen LogP contribution in [0.25, 0.3) is 27.7 Å². The number of aryl methyl sites for hydroxylation is 1. The Hall–Kier alpha value is -3.94. The third-order valence-electron chi connectivity index (χ3n) is 7.47. The minimum Gasteiger partial charge on any atom is -0.507 e. The highest BCUT2D eigenvalue weighted by molar-refractivity contribution is 6.00. The molecular formula is C29H29FN4O3. The summed E-state index contributed by atoms with van der Waals surface area (Å²) in [6.07, 6.45) is 4.79. The van der Waals surface area contributed by atoms with Crippen LogP contribution < -0.4 is 15.3 Å². The number of aromatic hydroxyl groups is 1. The first-order valence-corrected chi connectivity index (χ1v) is 12.8. The molecule has 0 bridgehead atoms. The molecule has 6 rings (SSSR count). The highest BCUT2D eigenvalue weighted by Gasteiger charge is 2.32. The lowest BCUT2D eigenvalue weighted by molar-refractivity contribution is 0.267. The Bertz CT molecular complexity index is 1580. The normalized spacial score (nSPS) is 17.0. The van der Waals surface area contributed by atoms with E-state index in [9.17, 15) is 9.90 Å². The average Bonchev–Trinajstić information content (AvgIpc) is 3.02. The van der Waals surface area contributed by atoms with E-state index in [2.05, 4.69) is 14.9 Å². The number of rotatable bonds is 3. The Morgan fingerprint density at radius 3 is 2.81 bits per heavy atom. The molecule has 1 atom stereocenters. The molecule has 1 saturated heterocycles. The number of hydrogen-bond acceptors (Lipinski definition) is 6. The predicted octanol–water partition coefficient (Wildman–Crippen LogP) is 5.48. The Morgan fingerprint density at radius 1 is 1.19 bits per heavy atom. The highest BCUT2D eigenvalue weighted by Crippen LogP contribution is 2.43. The van der Waals surface area contributed by atoms with Crippen molar-refractivity contribution < 1.29 is 14.2 Å². The molecule has 4 heterocycles. The molecule has 2 aromatic heterocycles. The Balaban J connectivity index is 1.76. The first-order valence-electron chi connectivity index (χ1n) is 12.8. The third kappa shape index (κ3) is 3.74. The first kappa shape index (κ1) is 23.5. The third-order valence-corrected chi connectivity index (χ3v) is 7.47. The number of pyridine rings is 1. The highest BCUT2D eigenvalue weighted by atomic mass is 19.1. The van der Waals surface area contributed by atoms with Crippen LogP contribution in [-0.2, 0) is 0 Å². The average molecular weight is 501 g/mol. The van der Waals surface area contributed by atoms with Gasteiger partial charge >= 0.3 is 5.69 Å². The molecule has 190 valence electrons. The van der Waals surface area contributed by atoms with Gasteiger partial charge in [-0.25, -0.2) is 9.18 Å². The number of phenolic OH excluding ortho intramolecular Hbond substituents is 1. The van der Waals surface area contributed by atoms with Crippen molar-refractivity contribution in [3.8, 4) is 28.3 Å². The van der Waals surface area contributed by atoms with E-state index in [1.807, 2.05) is 26.8 Å². The number of piperidine rings is 1. The maximum atomic E-state index is 15.0. The lowest BCUT2D eigenvalue weighted by Gasteiger charge is -2.35. The van der Waals surface area contributed by atoms with E-state index in [1.54, 1.807) is 22.9 Å². The fourth-order valence-electron chi connectivity index (χ4n) is 5.71. The number of ether oxygens (including phenoxy) is 1. The van der Waals surface area contributed by atoms with Gasteiger partial charge in [0.25, 0.3) is 0 Å². The van der Waals surface area contributed by atoms with Crippen LogP contribution in [-0.4, -0.2) is 38.8 Å². The summed E-state index contributed by atoms with van der Waals surface area (Å²) in [5.41, 5.74) is 2.93. The summed E-state index contributed by atoms with van der Waals surface area (Å²) < 4.78 is 23.0. The van der Waals surface area contributed by atoms with Crippen LogP contribution in [0.5, 0.6) is 11.5 Å². The van der Waals surface area contributed by atoms with E-state index >= 15 is 4.39 Å². The molecule has 0 amide bonds. The zero-order chi connectivity index (χ0) is 25.8. The smallest absolute Gasteiger partial charge is 0.354 e. The van der Waals surface area contributed by atoms with Gasteiger partial charge in [-0.3, -0.25) is 9.55 Å². The lowest BCUT2D eigenvalue weighted by Crippen LogP contribution is -2.43. The number of phenols is 1. The second kappa shape index (κ2) is 8.87. The van der Waals surface area contributed by atoms with Gasteiger partial charge in [0.1, 0.15) is 29.7 Å². The Morgan fingerprint density at radius 2 is 2.03 bits per heavy atom. The molecule has 0 unspecified atom stereocenters. The summed E-state index contributed by atoms with van der Waals surface area (Å²) in [5.74, 6) is 0.439. The molecule has 2 aliphatic heterocycles. The van der Waals surface area contributed by atoms with Gasteiger partial charge in [-0.15, -0.1) is 0 Å². The van der Waals surface area contributed by atoms with Crippen molar-refractivity contribution >= 4 is 16.7 Å². The van der Waals surface area contributed by atoms with Crippen LogP contribution in [0.3, 0.4) is 0 Å². The molecule has 8 heteroatoms. The molecule has 1 fully saturated rings. The standard InChI is InChI=1S/C29H29FN4O3/c1-16(2)26-27(17(3)10-11-31-26)34-21-13-18(24-20(30)8-6-9-22(24)35)14-23-25(21)28(32-29(34)36)33-12-5-4-7-19(33)15-37-23/h6,8-11,13-14,16,19,35H,4-5,7,12,15H2,1-3H3/t19-/m0/s1. The van der Waals surface area contributed by atoms with E-state index in [-0.39, 0.29) is 23.3 Å². The van der Waals surface area contributed by atoms with Gasteiger partial charge in [-0.2, -0.15) is 4.98 Å². The molecule has 7 nitrogen and oxygen atoms in total. The molecule has 0 radical (unpaired) electrons. The topological polar surface area (TPSA) is 80.5 Å². The molecule has 1 N–H and O–H groups in total. The maximum absolute atomic E-state index is 15.0. The van der Waals surface area contributed by atoms with Crippen molar-refractivity contribution in [1.82, 2.24) is 14.5 Å². The van der Waals surface area contributed by atoms with Crippen molar-refractivity contribution in [2.24, 2.45) is 0 Å². The number of aromatic nitrogens is 3. The number of anilines is 1. The summed E-state index contributed by atoms with van der Waals surface area (Å²) in [6.45, 7) is 7.24. The van der Waals surface area contributed by atoms with Crippen LogP contribution in [0, 0.1) is 12.7 Å². The number of benzene rings is 2. The predicted molar refractivity (Wildman–Crippen MR) is 141 cm³/mol. The lowest BCUT2D eigenvalue weighted by atomic mass is 9.99. The van der Waals surface area contributed by atoms with Crippen LogP contribution in [0.1, 0.15) is 50.3 Å². The van der Waals surface area contributed by atoms with Crippen molar-refractivity contribution in [3.63, 3.8) is 0 Å². The summed E-state index contributed by atoms with van der Waals surface area (Å²) >= 11 is 0. The maximum Gasteiger partial charge on any atom is 0.354 e. The van der Waals surface area contributed by atoms with Gasteiger partial charge < -0.3 is 14.7 Å². The van der Waals surface area contributed by atoms with Crippen molar-refractivity contribution in [2.45, 2.75) is 52.0 Å². The molecule has 4 aromatic rings. The first-order chi connectivity index (χ1) is 17.8. The molecule has 2 aliphatic rings. The SMILES string of the molecule is Cc1ccnc(C(C)C)c1-n1c(=O)nc2c3c(cc(-c4c(O)cccc4F)cc31)OC[C@@H]1CCCCN21.